The van der Waals surface area contributed by atoms with Crippen molar-refractivity contribution in [3.8, 4) is 11.4 Å². The summed E-state index contributed by atoms with van der Waals surface area (Å²) in [5, 5.41) is 6.60. The van der Waals surface area contributed by atoms with E-state index >= 15 is 0 Å². The van der Waals surface area contributed by atoms with Crippen molar-refractivity contribution in [1.82, 2.24) is 19.8 Å². The van der Waals surface area contributed by atoms with Crippen LogP contribution in [0.4, 0.5) is 0 Å². The van der Waals surface area contributed by atoms with Gasteiger partial charge in [-0.2, -0.15) is 4.98 Å². The van der Waals surface area contributed by atoms with Crippen LogP contribution < -0.4 is 5.32 Å². The van der Waals surface area contributed by atoms with Crippen molar-refractivity contribution in [1.29, 1.82) is 0 Å². The molecule has 0 aliphatic heterocycles. The van der Waals surface area contributed by atoms with Crippen LogP contribution in [0, 0.1) is 0 Å². The normalized spacial score (nSPS) is 12.7. The molecule has 1 N–H and O–H groups in total. The molecule has 0 fully saturated rings. The van der Waals surface area contributed by atoms with E-state index in [-0.39, 0.29) is 22.5 Å². The fraction of sp³-hybridized carbons (Fsp3) is 0.250. The third kappa shape index (κ3) is 4.69. The van der Waals surface area contributed by atoms with E-state index < -0.39 is 15.9 Å². The minimum Gasteiger partial charge on any atom is -0.347 e. The first kappa shape index (κ1) is 20.7. The Morgan fingerprint density at radius 1 is 1.10 bits per heavy atom. The van der Waals surface area contributed by atoms with Gasteiger partial charge in [0.05, 0.1) is 4.90 Å². The first-order chi connectivity index (χ1) is 13.8. The van der Waals surface area contributed by atoms with Crippen LogP contribution in [0.2, 0.25) is 0 Å². The lowest BCUT2D eigenvalue weighted by atomic mass is 10.0. The van der Waals surface area contributed by atoms with Crippen LogP contribution in [0.3, 0.4) is 0 Å². The van der Waals surface area contributed by atoms with Crippen LogP contribution in [-0.2, 0) is 10.0 Å². The molecule has 1 aromatic heterocycles. The molecule has 3 aromatic rings. The number of benzene rings is 2. The Hall–Kier alpha value is -3.04. The van der Waals surface area contributed by atoms with Crippen molar-refractivity contribution in [2.24, 2.45) is 0 Å². The van der Waals surface area contributed by atoms with Crippen LogP contribution >= 0.6 is 0 Å². The topological polar surface area (TPSA) is 105 Å². The van der Waals surface area contributed by atoms with Gasteiger partial charge in [-0.1, -0.05) is 42.4 Å². The second-order valence-electron chi connectivity index (χ2n) is 6.76. The number of amides is 1. The molecule has 0 saturated carbocycles. The van der Waals surface area contributed by atoms with Crippen LogP contribution in [0.15, 0.2) is 64.0 Å². The van der Waals surface area contributed by atoms with E-state index in [1.165, 1.54) is 26.2 Å². The Labute approximate surface area is 169 Å². The number of hydrogen-bond acceptors (Lipinski definition) is 6. The second kappa shape index (κ2) is 8.54. The SMILES string of the molecule is C[C@@H](CNC(=O)c1nc(-c2ccc(S(=O)(=O)N(C)C)cc2)no1)c1ccccc1. The Morgan fingerprint density at radius 3 is 2.38 bits per heavy atom. The Morgan fingerprint density at radius 2 is 1.76 bits per heavy atom. The highest BCUT2D eigenvalue weighted by Crippen LogP contribution is 2.20. The predicted octanol–water partition coefficient (Wildman–Crippen LogP) is 2.52. The maximum atomic E-state index is 12.3. The summed E-state index contributed by atoms with van der Waals surface area (Å²) in [7, 11) is -0.589. The molecule has 0 bridgehead atoms. The molecule has 0 aliphatic carbocycles. The summed E-state index contributed by atoms with van der Waals surface area (Å²) in [5.41, 5.74) is 1.66. The number of sulfonamides is 1. The van der Waals surface area contributed by atoms with Crippen molar-refractivity contribution in [2.75, 3.05) is 20.6 Å². The molecule has 8 nitrogen and oxygen atoms in total. The number of nitrogens with zero attached hydrogens (tertiary/aromatic N) is 3. The number of carbonyl (C=O) groups excluding carboxylic acids is 1. The predicted molar refractivity (Wildman–Crippen MR) is 108 cm³/mol. The lowest BCUT2D eigenvalue weighted by Crippen LogP contribution is -2.27. The Kier molecular flexibility index (Phi) is 6.09. The molecule has 152 valence electrons. The van der Waals surface area contributed by atoms with E-state index in [0.717, 1.165) is 9.87 Å². The molecule has 2 aromatic carbocycles. The number of hydrogen-bond donors (Lipinski definition) is 1. The summed E-state index contributed by atoms with van der Waals surface area (Å²) in [6.45, 7) is 2.44. The van der Waals surface area contributed by atoms with Crippen molar-refractivity contribution in [3.05, 3.63) is 66.1 Å². The summed E-state index contributed by atoms with van der Waals surface area (Å²) >= 11 is 0. The maximum Gasteiger partial charge on any atom is 0.316 e. The maximum absolute atomic E-state index is 12.3. The summed E-state index contributed by atoms with van der Waals surface area (Å²) in [5.74, 6) is -0.266. The molecule has 9 heteroatoms. The van der Waals surface area contributed by atoms with Crippen LogP contribution in [0.5, 0.6) is 0 Å². The lowest BCUT2D eigenvalue weighted by molar-refractivity contribution is 0.0908. The summed E-state index contributed by atoms with van der Waals surface area (Å²) in [6, 6.07) is 15.9. The monoisotopic (exact) mass is 414 g/mol. The molecule has 1 amide bonds. The molecule has 1 heterocycles. The molecule has 3 rings (SSSR count). The molecule has 0 aliphatic rings. The van der Waals surface area contributed by atoms with Gasteiger partial charge in [0.25, 0.3) is 0 Å². The van der Waals surface area contributed by atoms with Crippen molar-refractivity contribution >= 4 is 15.9 Å². The molecular formula is C20H22N4O4S. The van der Waals surface area contributed by atoms with E-state index in [4.69, 9.17) is 4.52 Å². The average Bonchev–Trinajstić information content (AvgIpc) is 3.22. The molecule has 0 radical (unpaired) electrons. The Balaban J connectivity index is 1.66. The van der Waals surface area contributed by atoms with Gasteiger partial charge in [0, 0.05) is 26.2 Å². The average molecular weight is 414 g/mol. The van der Waals surface area contributed by atoms with E-state index in [2.05, 4.69) is 15.5 Å². The number of carbonyl (C=O) groups is 1. The van der Waals surface area contributed by atoms with Gasteiger partial charge in [-0.05, 0) is 35.7 Å². The smallest absolute Gasteiger partial charge is 0.316 e. The van der Waals surface area contributed by atoms with Crippen LogP contribution in [0.25, 0.3) is 11.4 Å². The highest BCUT2D eigenvalue weighted by Gasteiger charge is 2.19. The zero-order valence-corrected chi connectivity index (χ0v) is 17.2. The minimum atomic E-state index is -3.52. The quantitative estimate of drug-likeness (QED) is 0.637. The zero-order chi connectivity index (χ0) is 21.0. The van der Waals surface area contributed by atoms with Gasteiger partial charge in [0.15, 0.2) is 0 Å². The van der Waals surface area contributed by atoms with Crippen LogP contribution in [0.1, 0.15) is 29.1 Å². The van der Waals surface area contributed by atoms with Gasteiger partial charge in [-0.25, -0.2) is 12.7 Å². The fourth-order valence-corrected chi connectivity index (χ4v) is 3.54. The summed E-state index contributed by atoms with van der Waals surface area (Å²) in [4.78, 5) is 16.6. The first-order valence-electron chi connectivity index (χ1n) is 8.99. The Bertz CT molecular complexity index is 1080. The fourth-order valence-electron chi connectivity index (χ4n) is 2.64. The van der Waals surface area contributed by atoms with Crippen LogP contribution in [-0.4, -0.2) is 49.4 Å². The van der Waals surface area contributed by atoms with E-state index in [1.807, 2.05) is 37.3 Å². The number of rotatable bonds is 7. The van der Waals surface area contributed by atoms with E-state index in [1.54, 1.807) is 12.1 Å². The standard InChI is InChI=1S/C20H22N4O4S/c1-14(15-7-5-4-6-8-15)13-21-19(25)20-22-18(23-28-20)16-9-11-17(12-10-16)29(26,27)24(2)3/h4-12,14H,13H2,1-3H3,(H,21,25)/t14-/m0/s1. The highest BCUT2D eigenvalue weighted by molar-refractivity contribution is 7.89. The third-order valence-corrected chi connectivity index (χ3v) is 6.28. The second-order valence-corrected chi connectivity index (χ2v) is 8.91. The molecule has 0 spiro atoms. The van der Waals surface area contributed by atoms with Crippen molar-refractivity contribution < 1.29 is 17.7 Å². The minimum absolute atomic E-state index is 0.133. The number of aromatic nitrogens is 2. The van der Waals surface area contributed by atoms with Gasteiger partial charge in [-0.3, -0.25) is 4.79 Å². The van der Waals surface area contributed by atoms with E-state index in [0.29, 0.717) is 12.1 Å². The molecule has 1 atom stereocenters. The summed E-state index contributed by atoms with van der Waals surface area (Å²) in [6.07, 6.45) is 0. The van der Waals surface area contributed by atoms with Gasteiger partial charge < -0.3 is 9.84 Å². The molecule has 0 saturated heterocycles. The number of nitrogens with one attached hydrogen (secondary N) is 1. The molecule has 29 heavy (non-hydrogen) atoms. The van der Waals surface area contributed by atoms with Crippen molar-refractivity contribution in [2.45, 2.75) is 17.7 Å². The zero-order valence-electron chi connectivity index (χ0n) is 16.4. The largest absolute Gasteiger partial charge is 0.347 e. The molecular weight excluding hydrogens is 392 g/mol. The lowest BCUT2D eigenvalue weighted by Gasteiger charge is -2.11. The summed E-state index contributed by atoms with van der Waals surface area (Å²) < 4.78 is 30.4. The van der Waals surface area contributed by atoms with E-state index in [9.17, 15) is 13.2 Å². The molecule has 0 unspecified atom stereocenters. The highest BCUT2D eigenvalue weighted by atomic mass is 32.2. The van der Waals surface area contributed by atoms with Gasteiger partial charge in [0.1, 0.15) is 0 Å². The van der Waals surface area contributed by atoms with Gasteiger partial charge in [0.2, 0.25) is 15.8 Å². The third-order valence-electron chi connectivity index (χ3n) is 4.45. The first-order valence-corrected chi connectivity index (χ1v) is 10.4. The van der Waals surface area contributed by atoms with Gasteiger partial charge in [-0.15, -0.1) is 0 Å². The van der Waals surface area contributed by atoms with Crippen molar-refractivity contribution in [3.63, 3.8) is 0 Å². The van der Waals surface area contributed by atoms with Gasteiger partial charge >= 0.3 is 11.8 Å².